The summed E-state index contributed by atoms with van der Waals surface area (Å²) in [4.78, 5) is 24.9. The van der Waals surface area contributed by atoms with Gasteiger partial charge in [0.05, 0.1) is 67.3 Å². The second-order valence-corrected chi connectivity index (χ2v) is 16.7. The average Bonchev–Trinajstić information content (AvgIpc) is 3.51. The third-order valence-electron chi connectivity index (χ3n) is 12.7. The molecule has 11 nitrogen and oxygen atoms in total. The van der Waals surface area contributed by atoms with Crippen LogP contribution in [0.5, 0.6) is 0 Å². The molecule has 268 valence electrons. The number of Topliss-reactive ketones (excluding diaryl/α,β-unsaturated/α-hetero) is 1. The van der Waals surface area contributed by atoms with Gasteiger partial charge in [0.1, 0.15) is 18.0 Å². The molecule has 9 rings (SSSR count). The largest absolute Gasteiger partial charge is 0.391 e. The molecule has 1 saturated carbocycles. The number of aliphatic hydroxyl groups is 1. The van der Waals surface area contributed by atoms with Crippen molar-refractivity contribution in [1.82, 2.24) is 5.32 Å². The number of carbonyl (C=O) groups is 2. The number of hydrogen-bond donors (Lipinski definition) is 2. The lowest BCUT2D eigenvalue weighted by atomic mass is 9.51. The zero-order valence-electron chi connectivity index (χ0n) is 28.2. The van der Waals surface area contributed by atoms with E-state index in [1.165, 1.54) is 5.57 Å². The highest BCUT2D eigenvalue weighted by Crippen LogP contribution is 2.72. The maximum atomic E-state index is 13.4. The van der Waals surface area contributed by atoms with Gasteiger partial charge in [-0.05, 0) is 56.4 Å². The highest BCUT2D eigenvalue weighted by molar-refractivity contribution is 14.1. The standard InChI is InChI=1S/C36H52INO10/c1-4-29(41)38-16-23(40)13-25-12-21(19(3)43-25)11-22(39)10-20-5-6-26-32(42-17-20)34-31-33(45-26)30-27-14-35(47-34,48-36(30,31)46-27)8-7-24-9-18(2)28(15-37)44-24/h19-21,23-28,30-34,40H,2,4-17H2,1,3H3,(H,38,41)/t19-,20+,21+,23-,24-,25-,26-,27?,28-,30-,31?,32?,33?,34+,35+,36?/m0/s1. The Kier molecular flexibility index (Phi) is 9.57. The van der Waals surface area contributed by atoms with Crippen molar-refractivity contribution in [1.29, 1.82) is 0 Å². The fourth-order valence-electron chi connectivity index (χ4n) is 10.2. The van der Waals surface area contributed by atoms with Crippen LogP contribution in [-0.2, 0) is 42.7 Å². The number of fused-ring (bicyclic) bond motifs is 2. The topological polar surface area (TPSA) is 131 Å². The Morgan fingerprint density at radius 3 is 2.71 bits per heavy atom. The quantitative estimate of drug-likeness (QED) is 0.162. The van der Waals surface area contributed by atoms with Crippen LogP contribution in [0.2, 0.25) is 0 Å². The molecule has 1 spiro atoms. The summed E-state index contributed by atoms with van der Waals surface area (Å²) < 4.78 is 46.9. The van der Waals surface area contributed by atoms with E-state index in [0.29, 0.717) is 38.7 Å². The highest BCUT2D eigenvalue weighted by atomic mass is 127. The van der Waals surface area contributed by atoms with Gasteiger partial charge in [0, 0.05) is 49.5 Å². The molecule has 8 heterocycles. The van der Waals surface area contributed by atoms with Gasteiger partial charge in [0.2, 0.25) is 5.91 Å². The normalized spacial score (nSPS) is 48.9. The van der Waals surface area contributed by atoms with E-state index in [1.54, 1.807) is 6.92 Å². The van der Waals surface area contributed by atoms with Crippen LogP contribution in [-0.4, -0.2) is 107 Å². The molecule has 1 amide bonds. The summed E-state index contributed by atoms with van der Waals surface area (Å²) >= 11 is 2.37. The van der Waals surface area contributed by atoms with E-state index in [0.717, 1.165) is 43.0 Å². The maximum absolute atomic E-state index is 13.4. The van der Waals surface area contributed by atoms with Crippen LogP contribution >= 0.6 is 22.6 Å². The van der Waals surface area contributed by atoms with Crippen LogP contribution in [0.25, 0.3) is 0 Å². The number of ether oxygens (including phenoxy) is 7. The lowest BCUT2D eigenvalue weighted by molar-refractivity contribution is -0.619. The number of aliphatic hydroxyl groups excluding tert-OH is 1. The summed E-state index contributed by atoms with van der Waals surface area (Å²) in [6.45, 7) is 8.76. The highest BCUT2D eigenvalue weighted by Gasteiger charge is 2.86. The van der Waals surface area contributed by atoms with Crippen LogP contribution in [0.3, 0.4) is 0 Å². The lowest BCUT2D eigenvalue weighted by Crippen LogP contribution is -2.93. The van der Waals surface area contributed by atoms with Gasteiger partial charge in [0.25, 0.3) is 0 Å². The summed E-state index contributed by atoms with van der Waals surface area (Å²) in [7, 11) is 0. The second kappa shape index (κ2) is 13.4. The monoisotopic (exact) mass is 785 g/mol. The van der Waals surface area contributed by atoms with Gasteiger partial charge in [-0.15, -0.1) is 0 Å². The molecular formula is C36H52INO10. The first-order valence-electron chi connectivity index (χ1n) is 18.4. The summed E-state index contributed by atoms with van der Waals surface area (Å²) in [5, 5.41) is 13.1. The van der Waals surface area contributed by atoms with Crippen molar-refractivity contribution < 1.29 is 47.9 Å². The first kappa shape index (κ1) is 34.4. The van der Waals surface area contributed by atoms with Gasteiger partial charge in [0.15, 0.2) is 11.6 Å². The van der Waals surface area contributed by atoms with Gasteiger partial charge in [-0.25, -0.2) is 0 Å². The molecule has 0 aromatic heterocycles. The van der Waals surface area contributed by atoms with Crippen LogP contribution < -0.4 is 5.32 Å². The lowest BCUT2D eigenvalue weighted by Gasteiger charge is -2.80. The van der Waals surface area contributed by atoms with E-state index in [9.17, 15) is 14.7 Å². The number of ketones is 1. The second-order valence-electron chi connectivity index (χ2n) is 15.9. The summed E-state index contributed by atoms with van der Waals surface area (Å²) in [6, 6.07) is 0. The Balaban J connectivity index is 0.852. The van der Waals surface area contributed by atoms with Crippen LogP contribution in [0.4, 0.5) is 0 Å². The van der Waals surface area contributed by atoms with Crippen molar-refractivity contribution in [3.05, 3.63) is 12.2 Å². The van der Waals surface area contributed by atoms with Crippen molar-refractivity contribution in [2.24, 2.45) is 23.7 Å². The first-order chi connectivity index (χ1) is 23.1. The van der Waals surface area contributed by atoms with E-state index < -0.39 is 17.7 Å². The molecule has 8 saturated heterocycles. The Morgan fingerprint density at radius 1 is 1.06 bits per heavy atom. The van der Waals surface area contributed by atoms with E-state index in [2.05, 4.69) is 34.5 Å². The molecular weight excluding hydrogens is 733 g/mol. The number of carbonyl (C=O) groups excluding carboxylic acids is 2. The minimum atomic E-state index is -0.691. The maximum Gasteiger partial charge on any atom is 0.219 e. The van der Waals surface area contributed by atoms with Crippen LogP contribution in [0.15, 0.2) is 12.2 Å². The molecule has 0 aromatic rings. The molecule has 1 aliphatic carbocycles. The molecule has 2 N–H and O–H groups in total. The Morgan fingerprint density at radius 2 is 1.92 bits per heavy atom. The van der Waals surface area contributed by atoms with Crippen molar-refractivity contribution in [2.75, 3.05) is 17.6 Å². The Labute approximate surface area is 296 Å². The van der Waals surface area contributed by atoms with Gasteiger partial charge in [-0.1, -0.05) is 36.1 Å². The zero-order valence-corrected chi connectivity index (χ0v) is 30.3. The SMILES string of the molecule is C=C1C[C@H](CC[C@]23CC4OC5(O2)C2C(O[C@H]6CC[C@H](CC(=O)C[C@@H]7C[C@@H](C[C@H](O)CNC(=O)CC)O[C@H]7C)COC6[C@@H]2O3)[C@H]45)O[C@H]1CI. The van der Waals surface area contributed by atoms with Crippen molar-refractivity contribution in [2.45, 2.75) is 157 Å². The predicted molar refractivity (Wildman–Crippen MR) is 180 cm³/mol. The molecule has 48 heavy (non-hydrogen) atoms. The number of amides is 1. The van der Waals surface area contributed by atoms with E-state index in [4.69, 9.17) is 33.2 Å². The van der Waals surface area contributed by atoms with Crippen molar-refractivity contribution in [3.8, 4) is 0 Å². The minimum Gasteiger partial charge on any atom is -0.391 e. The molecule has 8 aliphatic heterocycles. The minimum absolute atomic E-state index is 0.00995. The van der Waals surface area contributed by atoms with Gasteiger partial charge >= 0.3 is 0 Å². The van der Waals surface area contributed by atoms with E-state index >= 15 is 0 Å². The third kappa shape index (κ3) is 6.04. The Hall–Kier alpha value is -0.710. The Bertz CT molecular complexity index is 1270. The number of rotatable bonds is 13. The van der Waals surface area contributed by atoms with Gasteiger partial charge in [-0.3, -0.25) is 9.59 Å². The summed E-state index contributed by atoms with van der Waals surface area (Å²) in [5.74, 6) is -0.631. The molecule has 12 heteroatoms. The molecule has 9 fully saturated rings. The van der Waals surface area contributed by atoms with Gasteiger partial charge < -0.3 is 43.6 Å². The smallest absolute Gasteiger partial charge is 0.219 e. The predicted octanol–water partition coefficient (Wildman–Crippen LogP) is 3.75. The molecule has 5 unspecified atom stereocenters. The fourth-order valence-corrected chi connectivity index (χ4v) is 11.1. The fraction of sp³-hybridized carbons (Fsp3) is 0.889. The van der Waals surface area contributed by atoms with Crippen LogP contribution in [0, 0.1) is 23.7 Å². The number of nitrogens with one attached hydrogen (secondary N) is 1. The molecule has 0 radical (unpaired) electrons. The summed E-state index contributed by atoms with van der Waals surface area (Å²) in [5.41, 5.74) is 1.18. The van der Waals surface area contributed by atoms with E-state index in [-0.39, 0.29) is 96.8 Å². The molecule has 3 bridgehead atoms. The van der Waals surface area contributed by atoms with E-state index in [1.807, 2.05) is 6.92 Å². The zero-order chi connectivity index (χ0) is 33.4. The summed E-state index contributed by atoms with van der Waals surface area (Å²) in [6.07, 6.45) is 6.67. The average molecular weight is 786 g/mol. The van der Waals surface area contributed by atoms with Crippen LogP contribution in [0.1, 0.15) is 84.5 Å². The van der Waals surface area contributed by atoms with Crippen molar-refractivity contribution >= 4 is 34.3 Å². The first-order valence-corrected chi connectivity index (χ1v) is 20.0. The molecule has 16 atom stereocenters. The number of alkyl halides is 1. The molecule has 9 aliphatic rings. The third-order valence-corrected chi connectivity index (χ3v) is 13.5. The number of hydrogen-bond acceptors (Lipinski definition) is 10. The molecule has 0 aromatic carbocycles. The van der Waals surface area contributed by atoms with Gasteiger partial charge in [-0.2, -0.15) is 0 Å². The number of halogens is 1. The van der Waals surface area contributed by atoms with Crippen molar-refractivity contribution in [3.63, 3.8) is 0 Å².